The van der Waals surface area contributed by atoms with Crippen LogP contribution < -0.4 is 10.7 Å². The van der Waals surface area contributed by atoms with Gasteiger partial charge in [0.2, 0.25) is 0 Å². The maximum atomic E-state index is 10.7. The van der Waals surface area contributed by atoms with Crippen LogP contribution in [0, 0.1) is 10.1 Å². The summed E-state index contributed by atoms with van der Waals surface area (Å²) in [6, 6.07) is 6.32. The summed E-state index contributed by atoms with van der Waals surface area (Å²) in [4.78, 5) is 10.3. The maximum Gasteiger partial charge on any atom is 0.270 e. The molecule has 114 valence electrons. The van der Waals surface area contributed by atoms with Gasteiger partial charge in [0, 0.05) is 30.8 Å². The highest BCUT2D eigenvalue weighted by molar-refractivity contribution is 7.80. The number of benzene rings is 1. The van der Waals surface area contributed by atoms with Crippen LogP contribution in [-0.2, 0) is 4.74 Å². The summed E-state index contributed by atoms with van der Waals surface area (Å²) in [5.41, 5.74) is 3.98. The average molecular weight is 310 g/mol. The fourth-order valence-corrected chi connectivity index (χ4v) is 1.84. The highest BCUT2D eigenvalue weighted by Gasteiger charge is 2.08. The van der Waals surface area contributed by atoms with Crippen molar-refractivity contribution in [1.29, 1.82) is 0 Å². The summed E-state index contributed by atoms with van der Waals surface area (Å²) >= 11 is 5.09. The second-order valence-electron chi connectivity index (χ2n) is 4.45. The van der Waals surface area contributed by atoms with Crippen molar-refractivity contribution >= 4 is 28.7 Å². The molecular weight excluding hydrogens is 292 g/mol. The van der Waals surface area contributed by atoms with E-state index < -0.39 is 4.92 Å². The number of nitro benzene ring substituents is 1. The standard InChI is InChI=1S/C13H18N4O3S/c1-9(8-20-3)14-13(21)16-15-10(2)11-5-4-6-12(7-11)17(18)19/h4-7,9H,8H2,1-3H3,(H2,14,16,21)/b15-10-/t9-/m0/s1. The van der Waals surface area contributed by atoms with Crippen LogP contribution >= 0.6 is 12.2 Å². The second-order valence-corrected chi connectivity index (χ2v) is 4.85. The molecule has 7 nitrogen and oxygen atoms in total. The molecule has 0 saturated carbocycles. The minimum atomic E-state index is -0.442. The van der Waals surface area contributed by atoms with Crippen LogP contribution in [-0.4, -0.2) is 35.5 Å². The number of nitrogens with one attached hydrogen (secondary N) is 2. The number of hydrazone groups is 1. The summed E-state index contributed by atoms with van der Waals surface area (Å²) < 4.78 is 4.99. The van der Waals surface area contributed by atoms with Crippen LogP contribution in [0.3, 0.4) is 0 Å². The van der Waals surface area contributed by atoms with E-state index in [0.717, 1.165) is 0 Å². The molecule has 0 saturated heterocycles. The zero-order valence-corrected chi connectivity index (χ0v) is 12.9. The molecule has 0 heterocycles. The smallest absolute Gasteiger partial charge is 0.270 e. The lowest BCUT2D eigenvalue weighted by atomic mass is 10.1. The van der Waals surface area contributed by atoms with Gasteiger partial charge >= 0.3 is 0 Å². The Bertz CT molecular complexity index is 548. The lowest BCUT2D eigenvalue weighted by Gasteiger charge is -2.14. The number of nitro groups is 1. The minimum absolute atomic E-state index is 0.0245. The highest BCUT2D eigenvalue weighted by Crippen LogP contribution is 2.13. The molecule has 0 aliphatic heterocycles. The van der Waals surface area contributed by atoms with Gasteiger partial charge in [0.05, 0.1) is 17.2 Å². The van der Waals surface area contributed by atoms with Crippen LogP contribution in [0.15, 0.2) is 29.4 Å². The quantitative estimate of drug-likeness (QED) is 0.360. The first-order chi connectivity index (χ1) is 9.93. The van der Waals surface area contributed by atoms with E-state index in [2.05, 4.69) is 15.8 Å². The third-order valence-corrected chi connectivity index (χ3v) is 2.80. The average Bonchev–Trinajstić information content (AvgIpc) is 2.45. The fraction of sp³-hybridized carbons (Fsp3) is 0.385. The second kappa shape index (κ2) is 8.28. The van der Waals surface area contributed by atoms with E-state index in [0.29, 0.717) is 23.0 Å². The molecule has 0 unspecified atom stereocenters. The Morgan fingerprint density at radius 1 is 1.57 bits per heavy atom. The monoisotopic (exact) mass is 310 g/mol. The van der Waals surface area contributed by atoms with Gasteiger partial charge in [0.25, 0.3) is 5.69 Å². The van der Waals surface area contributed by atoms with Crippen molar-refractivity contribution < 1.29 is 9.66 Å². The van der Waals surface area contributed by atoms with E-state index in [1.54, 1.807) is 26.2 Å². The van der Waals surface area contributed by atoms with Crippen molar-refractivity contribution in [3.63, 3.8) is 0 Å². The fourth-order valence-electron chi connectivity index (χ4n) is 1.59. The Balaban J connectivity index is 2.66. The molecule has 0 aliphatic carbocycles. The van der Waals surface area contributed by atoms with E-state index in [9.17, 15) is 10.1 Å². The predicted molar refractivity (Wildman–Crippen MR) is 85.5 cm³/mol. The molecule has 0 amide bonds. The van der Waals surface area contributed by atoms with Gasteiger partial charge in [0.1, 0.15) is 0 Å². The summed E-state index contributed by atoms with van der Waals surface area (Å²) in [6.07, 6.45) is 0. The van der Waals surface area contributed by atoms with E-state index in [1.165, 1.54) is 12.1 Å². The van der Waals surface area contributed by atoms with Gasteiger partial charge in [-0.25, -0.2) is 0 Å². The van der Waals surface area contributed by atoms with Crippen molar-refractivity contribution in [3.8, 4) is 0 Å². The molecule has 0 spiro atoms. The van der Waals surface area contributed by atoms with Gasteiger partial charge in [-0.1, -0.05) is 12.1 Å². The lowest BCUT2D eigenvalue weighted by molar-refractivity contribution is -0.384. The summed E-state index contributed by atoms with van der Waals surface area (Å²) in [6.45, 7) is 4.19. The van der Waals surface area contributed by atoms with Crippen LogP contribution in [0.2, 0.25) is 0 Å². The van der Waals surface area contributed by atoms with Crippen molar-refractivity contribution in [2.45, 2.75) is 19.9 Å². The Labute approximate surface area is 128 Å². The Morgan fingerprint density at radius 3 is 2.90 bits per heavy atom. The molecule has 2 N–H and O–H groups in total. The van der Waals surface area contributed by atoms with Crippen molar-refractivity contribution in [1.82, 2.24) is 10.7 Å². The SMILES string of the molecule is COC[C@H](C)NC(=S)N/N=C(/C)c1cccc([N+](=O)[O-])c1. The molecule has 1 rings (SSSR count). The minimum Gasteiger partial charge on any atom is -0.383 e. The molecule has 1 aromatic carbocycles. The van der Waals surface area contributed by atoms with E-state index >= 15 is 0 Å². The Kier molecular flexibility index (Phi) is 6.70. The topological polar surface area (TPSA) is 88.8 Å². The number of ether oxygens (including phenoxy) is 1. The number of nitrogens with zero attached hydrogens (tertiary/aromatic N) is 2. The molecule has 0 aliphatic rings. The van der Waals surface area contributed by atoms with Crippen LogP contribution in [0.4, 0.5) is 5.69 Å². The third-order valence-electron chi connectivity index (χ3n) is 2.59. The van der Waals surface area contributed by atoms with Crippen LogP contribution in [0.25, 0.3) is 0 Å². The van der Waals surface area contributed by atoms with Gasteiger partial charge in [-0.3, -0.25) is 15.5 Å². The van der Waals surface area contributed by atoms with Crippen molar-refractivity contribution in [2.75, 3.05) is 13.7 Å². The van der Waals surface area contributed by atoms with E-state index in [-0.39, 0.29) is 11.7 Å². The zero-order valence-electron chi connectivity index (χ0n) is 12.1. The molecule has 0 aromatic heterocycles. The van der Waals surface area contributed by atoms with Crippen molar-refractivity contribution in [3.05, 3.63) is 39.9 Å². The van der Waals surface area contributed by atoms with Gasteiger partial charge < -0.3 is 10.1 Å². The summed E-state index contributed by atoms with van der Waals surface area (Å²) in [7, 11) is 1.61. The number of hydrogen-bond donors (Lipinski definition) is 2. The number of methoxy groups -OCH3 is 1. The number of rotatable bonds is 6. The van der Waals surface area contributed by atoms with Gasteiger partial charge in [-0.05, 0) is 26.1 Å². The van der Waals surface area contributed by atoms with Crippen molar-refractivity contribution in [2.24, 2.45) is 5.10 Å². The van der Waals surface area contributed by atoms with Gasteiger partial charge in [0.15, 0.2) is 5.11 Å². The molecule has 8 heteroatoms. The number of thiocarbonyl (C=S) groups is 1. The zero-order chi connectivity index (χ0) is 15.8. The predicted octanol–water partition coefficient (Wildman–Crippen LogP) is 1.82. The number of hydrogen-bond acceptors (Lipinski definition) is 5. The van der Waals surface area contributed by atoms with Gasteiger partial charge in [-0.2, -0.15) is 5.10 Å². The molecule has 0 radical (unpaired) electrons. The Hall–Kier alpha value is -2.06. The third kappa shape index (κ3) is 5.84. The highest BCUT2D eigenvalue weighted by atomic mass is 32.1. The lowest BCUT2D eigenvalue weighted by Crippen LogP contribution is -2.40. The first-order valence-corrected chi connectivity index (χ1v) is 6.69. The maximum absolute atomic E-state index is 10.7. The van der Waals surface area contributed by atoms with E-state index in [4.69, 9.17) is 17.0 Å². The molecule has 21 heavy (non-hydrogen) atoms. The normalized spacial score (nSPS) is 12.6. The molecular formula is C13H18N4O3S. The largest absolute Gasteiger partial charge is 0.383 e. The summed E-state index contributed by atoms with van der Waals surface area (Å²) in [5, 5.41) is 18.2. The Morgan fingerprint density at radius 2 is 2.29 bits per heavy atom. The molecule has 1 atom stereocenters. The van der Waals surface area contributed by atoms with Crippen LogP contribution in [0.1, 0.15) is 19.4 Å². The first kappa shape index (κ1) is 17.0. The van der Waals surface area contributed by atoms with Crippen LogP contribution in [0.5, 0.6) is 0 Å². The summed E-state index contributed by atoms with van der Waals surface area (Å²) in [5.74, 6) is 0. The molecule has 0 fully saturated rings. The van der Waals surface area contributed by atoms with Gasteiger partial charge in [-0.15, -0.1) is 0 Å². The van der Waals surface area contributed by atoms with E-state index in [1.807, 2.05) is 6.92 Å². The first-order valence-electron chi connectivity index (χ1n) is 6.28. The molecule has 1 aromatic rings. The molecule has 0 bridgehead atoms. The number of non-ortho nitro benzene ring substituents is 1.